The lowest BCUT2D eigenvalue weighted by molar-refractivity contribution is -0.133. The molecule has 2 aromatic heterocycles. The van der Waals surface area contributed by atoms with E-state index >= 15 is 0 Å². The van der Waals surface area contributed by atoms with Gasteiger partial charge in [-0.2, -0.15) is 0 Å². The van der Waals surface area contributed by atoms with E-state index in [0.29, 0.717) is 30.5 Å². The van der Waals surface area contributed by atoms with Crippen LogP contribution in [0.1, 0.15) is 50.4 Å². The highest BCUT2D eigenvalue weighted by atomic mass is 16.5. The largest absolute Gasteiger partial charge is 0.435 e. The molecule has 1 atom stereocenters. The average molecular weight is 354 g/mol. The van der Waals surface area contributed by atoms with Crippen LogP contribution in [0.25, 0.3) is 0 Å². The number of aryl methyl sites for hydroxylation is 1. The molecule has 1 fully saturated rings. The summed E-state index contributed by atoms with van der Waals surface area (Å²) in [5, 5.41) is 0. The zero-order valence-electron chi connectivity index (χ0n) is 15.7. The summed E-state index contributed by atoms with van der Waals surface area (Å²) in [4.78, 5) is 27.6. The Hall–Kier alpha value is -2.50. The minimum atomic E-state index is 0.139. The van der Waals surface area contributed by atoms with Gasteiger partial charge in [-0.25, -0.2) is 4.98 Å². The van der Waals surface area contributed by atoms with Gasteiger partial charge in [0.25, 0.3) is 0 Å². The summed E-state index contributed by atoms with van der Waals surface area (Å²) in [5.74, 6) is 1.91. The number of amides is 1. The van der Waals surface area contributed by atoms with E-state index in [1.807, 2.05) is 24.0 Å². The fraction of sp³-hybridized carbons (Fsp3) is 0.500. The Kier molecular flexibility index (Phi) is 5.81. The Balaban J connectivity index is 1.79. The molecule has 3 rings (SSSR count). The van der Waals surface area contributed by atoms with Gasteiger partial charge in [-0.05, 0) is 37.8 Å². The number of ether oxygens (including phenoxy) is 1. The maximum Gasteiger partial charge on any atom is 0.241 e. The van der Waals surface area contributed by atoms with Crippen molar-refractivity contribution in [3.8, 4) is 11.6 Å². The molecule has 1 saturated heterocycles. The van der Waals surface area contributed by atoms with E-state index in [9.17, 15) is 4.79 Å². The second kappa shape index (κ2) is 8.25. The van der Waals surface area contributed by atoms with Crippen LogP contribution in [-0.2, 0) is 4.79 Å². The fourth-order valence-corrected chi connectivity index (χ4v) is 3.28. The third-order valence-corrected chi connectivity index (χ3v) is 4.60. The number of carbonyl (C=O) groups is 1. The number of nitrogens with zero attached hydrogens (tertiary/aromatic N) is 4. The first-order valence-corrected chi connectivity index (χ1v) is 9.22. The fourth-order valence-electron chi connectivity index (χ4n) is 3.28. The van der Waals surface area contributed by atoms with Gasteiger partial charge in [0.2, 0.25) is 11.8 Å². The highest BCUT2D eigenvalue weighted by molar-refractivity contribution is 5.76. The van der Waals surface area contributed by atoms with Gasteiger partial charge in [-0.15, -0.1) is 0 Å². The van der Waals surface area contributed by atoms with Gasteiger partial charge in [-0.1, -0.05) is 13.8 Å². The first-order valence-electron chi connectivity index (χ1n) is 9.22. The molecule has 0 aliphatic carbocycles. The lowest BCUT2D eigenvalue weighted by atomic mass is 9.94. The van der Waals surface area contributed by atoms with Crippen LogP contribution in [-0.4, -0.2) is 38.8 Å². The summed E-state index contributed by atoms with van der Waals surface area (Å²) < 4.78 is 6.01. The number of rotatable bonds is 5. The lowest BCUT2D eigenvalue weighted by Gasteiger charge is -2.33. The predicted molar refractivity (Wildman–Crippen MR) is 99.1 cm³/mol. The predicted octanol–water partition coefficient (Wildman–Crippen LogP) is 3.72. The van der Waals surface area contributed by atoms with E-state index < -0.39 is 0 Å². The molecule has 1 aliphatic rings. The Morgan fingerprint density at radius 1 is 1.27 bits per heavy atom. The van der Waals surface area contributed by atoms with Crippen molar-refractivity contribution in [3.05, 3.63) is 42.1 Å². The SMILES string of the molecule is Cc1ncccc1Oc1nccnc1[C@H]1CCCN(C(=O)CC(C)C)C1. The second-order valence-corrected chi connectivity index (χ2v) is 7.21. The van der Waals surface area contributed by atoms with Crippen molar-refractivity contribution in [2.45, 2.75) is 46.0 Å². The van der Waals surface area contributed by atoms with Crippen LogP contribution < -0.4 is 4.74 Å². The van der Waals surface area contributed by atoms with Crippen LogP contribution in [0.5, 0.6) is 11.6 Å². The number of hydrogen-bond acceptors (Lipinski definition) is 5. The van der Waals surface area contributed by atoms with Crippen molar-refractivity contribution in [2.24, 2.45) is 5.92 Å². The van der Waals surface area contributed by atoms with Gasteiger partial charge >= 0.3 is 0 Å². The van der Waals surface area contributed by atoms with Crippen molar-refractivity contribution in [1.29, 1.82) is 0 Å². The molecule has 0 N–H and O–H groups in total. The molecular weight excluding hydrogens is 328 g/mol. The molecule has 0 spiro atoms. The summed E-state index contributed by atoms with van der Waals surface area (Å²) >= 11 is 0. The molecule has 6 heteroatoms. The molecule has 0 saturated carbocycles. The highest BCUT2D eigenvalue weighted by Gasteiger charge is 2.28. The lowest BCUT2D eigenvalue weighted by Crippen LogP contribution is -2.39. The van der Waals surface area contributed by atoms with Gasteiger partial charge in [0.1, 0.15) is 5.69 Å². The number of pyridine rings is 1. The van der Waals surface area contributed by atoms with Gasteiger partial charge in [0.15, 0.2) is 5.75 Å². The maximum absolute atomic E-state index is 12.5. The van der Waals surface area contributed by atoms with Gasteiger partial charge in [0, 0.05) is 44.0 Å². The molecule has 6 nitrogen and oxygen atoms in total. The molecule has 0 unspecified atom stereocenters. The van der Waals surface area contributed by atoms with Crippen molar-refractivity contribution in [1.82, 2.24) is 19.9 Å². The Labute approximate surface area is 154 Å². The highest BCUT2D eigenvalue weighted by Crippen LogP contribution is 2.33. The zero-order valence-corrected chi connectivity index (χ0v) is 15.7. The summed E-state index contributed by atoms with van der Waals surface area (Å²) in [6.45, 7) is 7.54. The standard InChI is InChI=1S/C20H26N4O2/c1-14(2)12-18(25)24-11-5-6-16(13-24)19-20(23-10-9-22-19)26-17-7-4-8-21-15(17)3/h4,7-10,14,16H,5-6,11-13H2,1-3H3/t16-/m0/s1. The first-order chi connectivity index (χ1) is 12.5. The maximum atomic E-state index is 12.5. The van der Waals surface area contributed by atoms with Crippen molar-refractivity contribution in [3.63, 3.8) is 0 Å². The summed E-state index contributed by atoms with van der Waals surface area (Å²) in [5.41, 5.74) is 1.62. The Morgan fingerprint density at radius 2 is 2.08 bits per heavy atom. The van der Waals surface area contributed by atoms with Crippen molar-refractivity contribution >= 4 is 5.91 Å². The summed E-state index contributed by atoms with van der Waals surface area (Å²) in [7, 11) is 0. The van der Waals surface area contributed by atoms with E-state index in [0.717, 1.165) is 30.8 Å². The monoisotopic (exact) mass is 354 g/mol. The second-order valence-electron chi connectivity index (χ2n) is 7.21. The van der Waals surface area contributed by atoms with Gasteiger partial charge in [0.05, 0.1) is 5.69 Å². The third-order valence-electron chi connectivity index (χ3n) is 4.60. The number of aromatic nitrogens is 3. The molecule has 138 valence electrons. The normalized spacial score (nSPS) is 17.4. The molecule has 0 radical (unpaired) electrons. The van der Waals surface area contributed by atoms with Crippen molar-refractivity contribution in [2.75, 3.05) is 13.1 Å². The minimum absolute atomic E-state index is 0.139. The smallest absolute Gasteiger partial charge is 0.241 e. The molecule has 2 aromatic rings. The molecule has 0 bridgehead atoms. The van der Waals surface area contributed by atoms with E-state index in [2.05, 4.69) is 28.8 Å². The number of likely N-dealkylation sites (tertiary alicyclic amines) is 1. The molecule has 1 aliphatic heterocycles. The molecule has 26 heavy (non-hydrogen) atoms. The van der Waals surface area contributed by atoms with Gasteiger partial charge in [-0.3, -0.25) is 14.8 Å². The van der Waals surface area contributed by atoms with E-state index in [1.54, 1.807) is 18.6 Å². The van der Waals surface area contributed by atoms with Crippen LogP contribution in [0.3, 0.4) is 0 Å². The third kappa shape index (κ3) is 4.36. The Morgan fingerprint density at radius 3 is 2.85 bits per heavy atom. The summed E-state index contributed by atoms with van der Waals surface area (Å²) in [6.07, 6.45) is 7.59. The first kappa shape index (κ1) is 18.3. The Bertz CT molecular complexity index is 763. The topological polar surface area (TPSA) is 68.2 Å². The minimum Gasteiger partial charge on any atom is -0.435 e. The molecule has 1 amide bonds. The van der Waals surface area contributed by atoms with Crippen LogP contribution in [0, 0.1) is 12.8 Å². The van der Waals surface area contributed by atoms with Gasteiger partial charge < -0.3 is 9.64 Å². The quantitative estimate of drug-likeness (QED) is 0.818. The van der Waals surface area contributed by atoms with Crippen molar-refractivity contribution < 1.29 is 9.53 Å². The van der Waals surface area contributed by atoms with E-state index in [4.69, 9.17) is 4.74 Å². The van der Waals surface area contributed by atoms with E-state index in [1.165, 1.54) is 0 Å². The number of carbonyl (C=O) groups excluding carboxylic acids is 1. The van der Waals surface area contributed by atoms with Crippen LogP contribution in [0.2, 0.25) is 0 Å². The number of piperidine rings is 1. The molecule has 3 heterocycles. The molecular formula is C20H26N4O2. The van der Waals surface area contributed by atoms with Crippen LogP contribution >= 0.6 is 0 Å². The molecule has 0 aromatic carbocycles. The average Bonchev–Trinajstić information content (AvgIpc) is 2.64. The van der Waals surface area contributed by atoms with E-state index in [-0.39, 0.29) is 11.8 Å². The van der Waals surface area contributed by atoms with Crippen LogP contribution in [0.4, 0.5) is 0 Å². The number of hydrogen-bond donors (Lipinski definition) is 0. The van der Waals surface area contributed by atoms with Crippen LogP contribution in [0.15, 0.2) is 30.7 Å². The zero-order chi connectivity index (χ0) is 18.5. The summed E-state index contributed by atoms with van der Waals surface area (Å²) in [6, 6.07) is 3.71.